The smallest absolute Gasteiger partial charge is 0.303 e. The molecular formula is C10H19NO5. The summed E-state index contributed by atoms with van der Waals surface area (Å²) < 4.78 is 9.95. The van der Waals surface area contributed by atoms with Gasteiger partial charge in [0.15, 0.2) is 6.29 Å². The first-order valence-corrected chi connectivity index (χ1v) is 5.08. The third kappa shape index (κ3) is 6.36. The van der Waals surface area contributed by atoms with Crippen molar-refractivity contribution in [3.8, 4) is 0 Å². The number of carboxylic acid groups (broad SMARTS) is 1. The summed E-state index contributed by atoms with van der Waals surface area (Å²) in [6, 6.07) is -0.271. The van der Waals surface area contributed by atoms with Crippen molar-refractivity contribution in [2.24, 2.45) is 0 Å². The number of methoxy groups -OCH3 is 2. The summed E-state index contributed by atoms with van der Waals surface area (Å²) in [4.78, 5) is 21.6. The molecule has 2 N–H and O–H groups in total. The molecule has 0 rings (SSSR count). The maximum atomic E-state index is 11.4. The van der Waals surface area contributed by atoms with Gasteiger partial charge in [0.1, 0.15) is 0 Å². The predicted molar refractivity (Wildman–Crippen MR) is 56.9 cm³/mol. The minimum atomic E-state index is -0.896. The van der Waals surface area contributed by atoms with Gasteiger partial charge in [-0.1, -0.05) is 0 Å². The molecule has 0 fully saturated rings. The number of rotatable bonds is 8. The van der Waals surface area contributed by atoms with E-state index in [9.17, 15) is 9.59 Å². The van der Waals surface area contributed by atoms with Crippen LogP contribution in [0.15, 0.2) is 0 Å². The number of ether oxygens (including phenoxy) is 2. The highest BCUT2D eigenvalue weighted by Crippen LogP contribution is 2.01. The summed E-state index contributed by atoms with van der Waals surface area (Å²) in [7, 11) is 2.97. The zero-order chi connectivity index (χ0) is 12.6. The highest BCUT2D eigenvalue weighted by molar-refractivity contribution is 5.77. The molecule has 94 valence electrons. The van der Waals surface area contributed by atoms with Crippen LogP contribution in [0.4, 0.5) is 0 Å². The highest BCUT2D eigenvalue weighted by atomic mass is 16.7. The second-order valence-electron chi connectivity index (χ2n) is 3.44. The topological polar surface area (TPSA) is 84.9 Å². The third-order valence-corrected chi connectivity index (χ3v) is 2.06. The van der Waals surface area contributed by atoms with Crippen LogP contribution in [0.25, 0.3) is 0 Å². The molecule has 0 aromatic rings. The van der Waals surface area contributed by atoms with Crippen molar-refractivity contribution in [2.45, 2.75) is 38.5 Å². The van der Waals surface area contributed by atoms with Crippen molar-refractivity contribution in [2.75, 3.05) is 14.2 Å². The normalized spacial score (nSPS) is 12.5. The van der Waals surface area contributed by atoms with Crippen molar-refractivity contribution in [3.63, 3.8) is 0 Å². The molecule has 0 aliphatic rings. The number of carbonyl (C=O) groups is 2. The van der Waals surface area contributed by atoms with Crippen molar-refractivity contribution >= 4 is 11.9 Å². The van der Waals surface area contributed by atoms with E-state index in [1.165, 1.54) is 14.2 Å². The Morgan fingerprint density at radius 1 is 1.25 bits per heavy atom. The van der Waals surface area contributed by atoms with Gasteiger partial charge in [-0.25, -0.2) is 0 Å². The molecule has 6 nitrogen and oxygen atoms in total. The second kappa shape index (κ2) is 8.06. The van der Waals surface area contributed by atoms with Crippen LogP contribution in [-0.2, 0) is 19.1 Å². The van der Waals surface area contributed by atoms with Crippen LogP contribution in [0.1, 0.15) is 26.2 Å². The highest BCUT2D eigenvalue weighted by Gasteiger charge is 2.17. The fourth-order valence-electron chi connectivity index (χ4n) is 1.30. The number of nitrogens with one attached hydrogen (secondary N) is 1. The van der Waals surface area contributed by atoms with Crippen LogP contribution in [0.2, 0.25) is 0 Å². The van der Waals surface area contributed by atoms with Crippen molar-refractivity contribution in [1.29, 1.82) is 0 Å². The van der Waals surface area contributed by atoms with Gasteiger partial charge < -0.3 is 19.9 Å². The zero-order valence-electron chi connectivity index (χ0n) is 9.86. The summed E-state index contributed by atoms with van der Waals surface area (Å²) in [6.45, 7) is 1.76. The summed E-state index contributed by atoms with van der Waals surface area (Å²) in [6.07, 6.45) is 0.0261. The molecule has 1 atom stereocenters. The molecule has 1 unspecified atom stereocenters. The van der Waals surface area contributed by atoms with Gasteiger partial charge in [-0.05, 0) is 13.3 Å². The number of amides is 1. The third-order valence-electron chi connectivity index (χ3n) is 2.06. The molecule has 6 heteroatoms. The largest absolute Gasteiger partial charge is 0.481 e. The van der Waals surface area contributed by atoms with Gasteiger partial charge in [0, 0.05) is 27.1 Å². The summed E-state index contributed by atoms with van der Waals surface area (Å²) in [5.74, 6) is -1.10. The molecule has 0 radical (unpaired) electrons. The Hall–Kier alpha value is -1.14. The van der Waals surface area contributed by atoms with E-state index in [1.54, 1.807) is 6.92 Å². The Balaban J connectivity index is 3.81. The van der Waals surface area contributed by atoms with E-state index in [2.05, 4.69) is 5.32 Å². The Labute approximate surface area is 94.9 Å². The molecule has 0 aromatic carbocycles. The number of hydrogen-bond donors (Lipinski definition) is 2. The van der Waals surface area contributed by atoms with Crippen molar-refractivity contribution in [3.05, 3.63) is 0 Å². The van der Waals surface area contributed by atoms with Crippen LogP contribution in [0.5, 0.6) is 0 Å². The van der Waals surface area contributed by atoms with E-state index in [0.717, 1.165) is 0 Å². The lowest BCUT2D eigenvalue weighted by molar-refractivity contribution is -0.138. The number of hydrogen-bond acceptors (Lipinski definition) is 4. The fraction of sp³-hybridized carbons (Fsp3) is 0.800. The maximum Gasteiger partial charge on any atom is 0.303 e. The summed E-state index contributed by atoms with van der Waals surface area (Å²) >= 11 is 0. The predicted octanol–water partition coefficient (Wildman–Crippen LogP) is 0.365. The van der Waals surface area contributed by atoms with Gasteiger partial charge in [0.2, 0.25) is 5.91 Å². The van der Waals surface area contributed by atoms with Crippen LogP contribution >= 0.6 is 0 Å². The molecule has 0 aromatic heterocycles. The van der Waals surface area contributed by atoms with E-state index in [4.69, 9.17) is 14.6 Å². The SMILES string of the molecule is COC(OC)C(C)NC(=O)CCCC(=O)O. The van der Waals surface area contributed by atoms with E-state index in [1.807, 2.05) is 0 Å². The van der Waals surface area contributed by atoms with E-state index >= 15 is 0 Å². The fourth-order valence-corrected chi connectivity index (χ4v) is 1.30. The molecule has 1 amide bonds. The van der Waals surface area contributed by atoms with E-state index in [0.29, 0.717) is 6.42 Å². The molecule has 0 heterocycles. The van der Waals surface area contributed by atoms with Gasteiger partial charge in [0.25, 0.3) is 0 Å². The molecule has 0 bridgehead atoms. The molecule has 0 saturated heterocycles. The maximum absolute atomic E-state index is 11.4. The Bertz CT molecular complexity index is 227. The van der Waals surface area contributed by atoms with Crippen molar-refractivity contribution in [1.82, 2.24) is 5.32 Å². The molecular weight excluding hydrogens is 214 g/mol. The minimum absolute atomic E-state index is 0.000213. The average molecular weight is 233 g/mol. The molecule has 0 spiro atoms. The first-order valence-electron chi connectivity index (χ1n) is 5.08. The van der Waals surface area contributed by atoms with Gasteiger partial charge in [-0.2, -0.15) is 0 Å². The molecule has 16 heavy (non-hydrogen) atoms. The number of carbonyl (C=O) groups excluding carboxylic acids is 1. The van der Waals surface area contributed by atoms with E-state index < -0.39 is 12.3 Å². The lowest BCUT2D eigenvalue weighted by Crippen LogP contribution is -2.42. The Kier molecular flexibility index (Phi) is 7.49. The quantitative estimate of drug-likeness (QED) is 0.591. The molecule has 0 saturated carbocycles. The van der Waals surface area contributed by atoms with Gasteiger partial charge in [0.05, 0.1) is 6.04 Å². The second-order valence-corrected chi connectivity index (χ2v) is 3.44. The summed E-state index contributed by atoms with van der Waals surface area (Å²) in [5, 5.41) is 11.1. The lowest BCUT2D eigenvalue weighted by Gasteiger charge is -2.21. The van der Waals surface area contributed by atoms with Crippen molar-refractivity contribution < 1.29 is 24.2 Å². The number of carboxylic acids is 1. The summed E-state index contributed by atoms with van der Waals surface area (Å²) in [5.41, 5.74) is 0. The first kappa shape index (κ1) is 14.9. The lowest BCUT2D eigenvalue weighted by atomic mass is 10.2. The van der Waals surface area contributed by atoms with Gasteiger partial charge in [-0.3, -0.25) is 9.59 Å². The number of aliphatic carboxylic acids is 1. The Morgan fingerprint density at radius 2 is 1.81 bits per heavy atom. The molecule has 0 aliphatic heterocycles. The van der Waals surface area contributed by atoms with Crippen LogP contribution in [0, 0.1) is 0 Å². The minimum Gasteiger partial charge on any atom is -0.481 e. The zero-order valence-corrected chi connectivity index (χ0v) is 9.86. The van der Waals surface area contributed by atoms with Crippen LogP contribution in [-0.4, -0.2) is 43.5 Å². The standard InChI is InChI=1S/C10H19NO5/c1-7(10(15-2)16-3)11-8(12)5-4-6-9(13)14/h7,10H,4-6H2,1-3H3,(H,11,12)(H,13,14). The van der Waals surface area contributed by atoms with Gasteiger partial charge >= 0.3 is 5.97 Å². The first-order chi connectivity index (χ1) is 7.51. The Morgan fingerprint density at radius 3 is 2.25 bits per heavy atom. The molecule has 0 aliphatic carbocycles. The van der Waals surface area contributed by atoms with E-state index in [-0.39, 0.29) is 24.8 Å². The monoisotopic (exact) mass is 233 g/mol. The van der Waals surface area contributed by atoms with Crippen LogP contribution in [0.3, 0.4) is 0 Å². The van der Waals surface area contributed by atoms with Crippen LogP contribution < -0.4 is 5.32 Å². The van der Waals surface area contributed by atoms with Gasteiger partial charge in [-0.15, -0.1) is 0 Å². The average Bonchev–Trinajstić information content (AvgIpc) is 2.18.